The van der Waals surface area contributed by atoms with Gasteiger partial charge in [-0.15, -0.1) is 11.3 Å². The van der Waals surface area contributed by atoms with E-state index in [1.165, 1.54) is 23.5 Å². The van der Waals surface area contributed by atoms with Crippen LogP contribution in [0.4, 0.5) is 4.39 Å². The first kappa shape index (κ1) is 19.6. The number of nitrogens with zero attached hydrogens (tertiary/aromatic N) is 1. The number of ketones is 3. The molecule has 1 aliphatic carbocycles. The van der Waals surface area contributed by atoms with Gasteiger partial charge >= 0.3 is 0 Å². The van der Waals surface area contributed by atoms with Crippen LogP contribution in [0.15, 0.2) is 36.4 Å². The number of carbonyl (C=O) groups excluding carboxylic acids is 3. The van der Waals surface area contributed by atoms with Crippen LogP contribution in [0.2, 0.25) is 0 Å². The number of Topliss-reactive ketones (excluding diaryl/α,β-unsaturated/α-hetero) is 3. The molecule has 3 aromatic rings. The van der Waals surface area contributed by atoms with Crippen LogP contribution >= 0.6 is 11.3 Å². The molecule has 1 aliphatic rings. The van der Waals surface area contributed by atoms with Crippen molar-refractivity contribution in [1.82, 2.24) is 4.98 Å². The van der Waals surface area contributed by atoms with Crippen LogP contribution in [0.25, 0.3) is 20.8 Å². The zero-order chi connectivity index (χ0) is 20.9. The van der Waals surface area contributed by atoms with E-state index >= 15 is 0 Å². The lowest BCUT2D eigenvalue weighted by atomic mass is 9.69. The second-order valence-electron chi connectivity index (χ2n) is 8.36. The predicted octanol–water partition coefficient (Wildman–Crippen LogP) is 5.17. The van der Waals surface area contributed by atoms with Crippen LogP contribution in [0.1, 0.15) is 42.6 Å². The molecule has 4 nitrogen and oxygen atoms in total. The molecule has 148 valence electrons. The van der Waals surface area contributed by atoms with Gasteiger partial charge in [-0.05, 0) is 42.2 Å². The summed E-state index contributed by atoms with van der Waals surface area (Å²) in [6, 6.07) is 9.63. The fourth-order valence-corrected chi connectivity index (χ4v) is 5.00. The predicted molar refractivity (Wildman–Crippen MR) is 111 cm³/mol. The minimum Gasteiger partial charge on any atom is -0.298 e. The molecule has 1 fully saturated rings. The number of rotatable bonds is 3. The van der Waals surface area contributed by atoms with Crippen LogP contribution < -0.4 is 0 Å². The monoisotopic (exact) mass is 409 g/mol. The Morgan fingerprint density at radius 2 is 1.83 bits per heavy atom. The third kappa shape index (κ3) is 3.53. The summed E-state index contributed by atoms with van der Waals surface area (Å²) in [5.41, 5.74) is 1.88. The quantitative estimate of drug-likeness (QED) is 0.442. The summed E-state index contributed by atoms with van der Waals surface area (Å²) in [6.07, 6.45) is 0.438. The number of hydrogen-bond acceptors (Lipinski definition) is 5. The smallest absolute Gasteiger partial charge is 0.181 e. The number of aromatic nitrogens is 1. The van der Waals surface area contributed by atoms with E-state index in [4.69, 9.17) is 0 Å². The average molecular weight is 409 g/mol. The van der Waals surface area contributed by atoms with Gasteiger partial charge in [0.15, 0.2) is 17.3 Å². The maximum Gasteiger partial charge on any atom is 0.181 e. The number of thiazole rings is 1. The Bertz CT molecular complexity index is 1160. The number of fused-ring (bicyclic) bond motifs is 1. The summed E-state index contributed by atoms with van der Waals surface area (Å²) in [6.45, 7) is 5.50. The highest BCUT2D eigenvalue weighted by molar-refractivity contribution is 7.21. The molecule has 0 bridgehead atoms. The minimum absolute atomic E-state index is 0.219. The molecule has 0 N–H and O–H groups in total. The molecule has 1 saturated carbocycles. The van der Waals surface area contributed by atoms with Gasteiger partial charge in [-0.25, -0.2) is 9.37 Å². The fraction of sp³-hybridized carbons (Fsp3) is 0.304. The van der Waals surface area contributed by atoms with Crippen molar-refractivity contribution < 1.29 is 18.8 Å². The van der Waals surface area contributed by atoms with E-state index in [2.05, 4.69) is 4.98 Å². The Hall–Kier alpha value is -2.73. The molecule has 4 rings (SSSR count). The normalized spacial score (nSPS) is 17.1. The lowest BCUT2D eigenvalue weighted by Crippen LogP contribution is -2.42. The van der Waals surface area contributed by atoms with Gasteiger partial charge in [0.25, 0.3) is 0 Å². The molecule has 0 unspecified atom stereocenters. The van der Waals surface area contributed by atoms with Crippen molar-refractivity contribution in [2.24, 2.45) is 11.3 Å². The standard InChI is InChI=1S/C23H20FNO3S/c1-12-15(21(28)19-16(26)10-23(2,3)11-17(19)27)7-8-18-20(12)25-22(29-18)13-5-4-6-14(24)9-13/h4-9,19H,10-11H2,1-3H3. The third-order valence-corrected chi connectivity index (χ3v) is 6.43. The fourth-order valence-electron chi connectivity index (χ4n) is 3.97. The number of carbonyl (C=O) groups is 3. The summed E-state index contributed by atoms with van der Waals surface area (Å²) in [5.74, 6) is -2.63. The highest BCUT2D eigenvalue weighted by atomic mass is 32.1. The summed E-state index contributed by atoms with van der Waals surface area (Å²) < 4.78 is 14.4. The van der Waals surface area contributed by atoms with Crippen molar-refractivity contribution >= 4 is 38.9 Å². The first-order valence-electron chi connectivity index (χ1n) is 9.42. The van der Waals surface area contributed by atoms with E-state index < -0.39 is 17.1 Å². The molecular weight excluding hydrogens is 389 g/mol. The Morgan fingerprint density at radius 1 is 1.14 bits per heavy atom. The molecule has 0 atom stereocenters. The summed E-state index contributed by atoms with van der Waals surface area (Å²) >= 11 is 1.41. The van der Waals surface area contributed by atoms with Gasteiger partial charge in [0.2, 0.25) is 0 Å². The maximum atomic E-state index is 13.6. The zero-order valence-electron chi connectivity index (χ0n) is 16.4. The van der Waals surface area contributed by atoms with E-state index in [1.54, 1.807) is 31.2 Å². The van der Waals surface area contributed by atoms with E-state index in [1.807, 2.05) is 13.8 Å². The van der Waals surface area contributed by atoms with E-state index in [-0.39, 0.29) is 30.2 Å². The molecule has 6 heteroatoms. The van der Waals surface area contributed by atoms with Crippen LogP contribution in [0, 0.1) is 24.1 Å². The third-order valence-electron chi connectivity index (χ3n) is 5.36. The van der Waals surface area contributed by atoms with Gasteiger partial charge in [0, 0.05) is 24.0 Å². The topological polar surface area (TPSA) is 64.1 Å². The Kier molecular flexibility index (Phi) is 4.69. The molecule has 0 saturated heterocycles. The lowest BCUT2D eigenvalue weighted by molar-refractivity contribution is -0.137. The van der Waals surface area contributed by atoms with Crippen molar-refractivity contribution in [3.05, 3.63) is 53.3 Å². The van der Waals surface area contributed by atoms with Crippen LogP contribution in [0.3, 0.4) is 0 Å². The average Bonchev–Trinajstić information content (AvgIpc) is 3.05. The van der Waals surface area contributed by atoms with Gasteiger partial charge in [0.05, 0.1) is 10.2 Å². The maximum absolute atomic E-state index is 13.6. The molecule has 0 amide bonds. The van der Waals surface area contributed by atoms with Gasteiger partial charge < -0.3 is 0 Å². The van der Waals surface area contributed by atoms with Gasteiger partial charge in [-0.1, -0.05) is 26.0 Å². The zero-order valence-corrected chi connectivity index (χ0v) is 17.2. The Labute approximate surface area is 171 Å². The SMILES string of the molecule is Cc1c(C(=O)C2C(=O)CC(C)(C)CC2=O)ccc2sc(-c3cccc(F)c3)nc12. The van der Waals surface area contributed by atoms with Crippen LogP contribution in [-0.4, -0.2) is 22.3 Å². The van der Waals surface area contributed by atoms with E-state index in [9.17, 15) is 18.8 Å². The molecule has 2 aromatic carbocycles. The summed E-state index contributed by atoms with van der Waals surface area (Å²) in [4.78, 5) is 42.8. The molecule has 1 aromatic heterocycles. The minimum atomic E-state index is -1.22. The second-order valence-corrected chi connectivity index (χ2v) is 9.39. The van der Waals surface area contributed by atoms with Crippen LogP contribution in [0.5, 0.6) is 0 Å². The van der Waals surface area contributed by atoms with Crippen molar-refractivity contribution in [3.8, 4) is 10.6 Å². The number of benzene rings is 2. The van der Waals surface area contributed by atoms with Gasteiger partial charge in [-0.2, -0.15) is 0 Å². The first-order chi connectivity index (χ1) is 13.7. The number of aryl methyl sites for hydroxylation is 1. The van der Waals surface area contributed by atoms with Crippen LogP contribution in [-0.2, 0) is 9.59 Å². The van der Waals surface area contributed by atoms with E-state index in [0.717, 1.165) is 4.70 Å². The molecule has 0 aliphatic heterocycles. The Morgan fingerprint density at radius 3 is 2.48 bits per heavy atom. The molecule has 29 heavy (non-hydrogen) atoms. The van der Waals surface area contributed by atoms with Crippen molar-refractivity contribution in [2.45, 2.75) is 33.6 Å². The molecule has 0 spiro atoms. The lowest BCUT2D eigenvalue weighted by Gasteiger charge is -2.31. The molecule has 1 heterocycles. The summed E-state index contributed by atoms with van der Waals surface area (Å²) in [7, 11) is 0. The Balaban J connectivity index is 1.73. The van der Waals surface area contributed by atoms with E-state index in [0.29, 0.717) is 27.2 Å². The second kappa shape index (κ2) is 6.95. The van der Waals surface area contributed by atoms with Crippen molar-refractivity contribution in [1.29, 1.82) is 0 Å². The number of halogens is 1. The first-order valence-corrected chi connectivity index (χ1v) is 10.2. The molecular formula is C23H20FNO3S. The van der Waals surface area contributed by atoms with Crippen molar-refractivity contribution in [2.75, 3.05) is 0 Å². The summed E-state index contributed by atoms with van der Waals surface area (Å²) in [5, 5.41) is 0.652. The highest BCUT2D eigenvalue weighted by Crippen LogP contribution is 2.37. The largest absolute Gasteiger partial charge is 0.298 e. The molecule has 0 radical (unpaired) electrons. The van der Waals surface area contributed by atoms with Gasteiger partial charge in [-0.3, -0.25) is 14.4 Å². The van der Waals surface area contributed by atoms with Gasteiger partial charge in [0.1, 0.15) is 16.7 Å². The number of hydrogen-bond donors (Lipinski definition) is 0. The van der Waals surface area contributed by atoms with Crippen molar-refractivity contribution in [3.63, 3.8) is 0 Å². The highest BCUT2D eigenvalue weighted by Gasteiger charge is 2.43.